The van der Waals surface area contributed by atoms with Gasteiger partial charge in [0.25, 0.3) is 0 Å². The fourth-order valence-corrected chi connectivity index (χ4v) is 3.50. The summed E-state index contributed by atoms with van der Waals surface area (Å²) in [7, 11) is 2.06. The highest BCUT2D eigenvalue weighted by molar-refractivity contribution is 5.84. The van der Waals surface area contributed by atoms with Crippen molar-refractivity contribution in [3.63, 3.8) is 0 Å². The molecule has 2 rings (SSSR count). The van der Waals surface area contributed by atoms with E-state index in [0.717, 1.165) is 19.4 Å². The Morgan fingerprint density at radius 2 is 2.11 bits per heavy atom. The number of amidine groups is 1. The maximum absolute atomic E-state index is 8.81. The maximum Gasteiger partial charge on any atom is 0.156 e. The summed E-state index contributed by atoms with van der Waals surface area (Å²) >= 11 is 0. The quantitative estimate of drug-likeness (QED) is 0.355. The van der Waals surface area contributed by atoms with E-state index in [2.05, 4.69) is 17.1 Å². The van der Waals surface area contributed by atoms with E-state index < -0.39 is 0 Å². The van der Waals surface area contributed by atoms with Crippen molar-refractivity contribution in [2.45, 2.75) is 69.6 Å². The summed E-state index contributed by atoms with van der Waals surface area (Å²) in [5.41, 5.74) is 5.82. The number of oxime groups is 1. The van der Waals surface area contributed by atoms with E-state index in [1.165, 1.54) is 32.1 Å². The Labute approximate surface area is 115 Å². The van der Waals surface area contributed by atoms with E-state index in [0.29, 0.717) is 6.04 Å². The number of nitrogens with two attached hydrogens (primary N) is 1. The van der Waals surface area contributed by atoms with Crippen LogP contribution >= 0.6 is 0 Å². The Hall–Kier alpha value is -0.810. The number of likely N-dealkylation sites (N-methyl/N-ethyl adjacent to an activating group) is 1. The van der Waals surface area contributed by atoms with Crippen molar-refractivity contribution >= 4 is 5.84 Å². The second kappa shape index (κ2) is 6.09. The second-order valence-corrected chi connectivity index (χ2v) is 6.11. The molecule has 110 valence electrons. The molecule has 0 amide bonds. The molecule has 5 nitrogen and oxygen atoms in total. The van der Waals surface area contributed by atoms with Crippen molar-refractivity contribution in [2.75, 3.05) is 13.7 Å². The second-order valence-electron chi connectivity index (χ2n) is 6.11. The van der Waals surface area contributed by atoms with E-state index in [1.54, 1.807) is 0 Å². The van der Waals surface area contributed by atoms with E-state index in [9.17, 15) is 0 Å². The topological polar surface area (TPSA) is 71.1 Å². The van der Waals surface area contributed by atoms with Crippen LogP contribution in [0.4, 0.5) is 0 Å². The molecule has 1 spiro atoms. The molecule has 2 fully saturated rings. The Morgan fingerprint density at radius 3 is 2.74 bits per heavy atom. The van der Waals surface area contributed by atoms with Crippen LogP contribution in [0.25, 0.3) is 0 Å². The summed E-state index contributed by atoms with van der Waals surface area (Å²) in [5, 5.41) is 11.9. The van der Waals surface area contributed by atoms with Crippen LogP contribution in [0.3, 0.4) is 0 Å². The summed E-state index contributed by atoms with van der Waals surface area (Å²) in [6, 6.07) is 0.427. The predicted molar refractivity (Wildman–Crippen MR) is 75.4 cm³/mol. The first-order valence-electron chi connectivity index (χ1n) is 7.41. The molecule has 1 saturated carbocycles. The standard InChI is InChI=1S/C14H27N3O2/c1-11(13(15)16-18)17(2)12-6-9-19-14(10-12)7-4-3-5-8-14/h11-12,18H,3-10H2,1-2H3,(H2,15,16). The fraction of sp³-hybridized carbons (Fsp3) is 0.929. The molecule has 5 heteroatoms. The molecule has 3 N–H and O–H groups in total. The predicted octanol–water partition coefficient (Wildman–Crippen LogP) is 1.93. The highest BCUT2D eigenvalue weighted by Crippen LogP contribution is 2.39. The summed E-state index contributed by atoms with van der Waals surface area (Å²) in [6.07, 6.45) is 8.39. The first-order chi connectivity index (χ1) is 9.08. The Bertz CT molecular complexity index is 321. The molecule has 19 heavy (non-hydrogen) atoms. The molecule has 1 aliphatic carbocycles. The van der Waals surface area contributed by atoms with Gasteiger partial charge in [0, 0.05) is 12.6 Å². The zero-order chi connectivity index (χ0) is 13.9. The van der Waals surface area contributed by atoms with Gasteiger partial charge in [-0.3, -0.25) is 4.90 Å². The van der Waals surface area contributed by atoms with Gasteiger partial charge in [0.05, 0.1) is 11.6 Å². The average molecular weight is 269 g/mol. The number of ether oxygens (including phenoxy) is 1. The summed E-state index contributed by atoms with van der Waals surface area (Å²) in [6.45, 7) is 2.82. The molecule has 2 unspecified atom stereocenters. The average Bonchev–Trinajstić information content (AvgIpc) is 2.45. The molecule has 0 aromatic carbocycles. The SMILES string of the molecule is CC(C(N)=NO)N(C)C1CCOC2(CCCCC2)C1. The van der Waals surface area contributed by atoms with Gasteiger partial charge in [-0.15, -0.1) is 0 Å². The smallest absolute Gasteiger partial charge is 0.156 e. The Kier molecular flexibility index (Phi) is 4.68. The van der Waals surface area contributed by atoms with Crippen molar-refractivity contribution in [3.8, 4) is 0 Å². The lowest BCUT2D eigenvalue weighted by atomic mass is 9.78. The lowest BCUT2D eigenvalue weighted by molar-refractivity contribution is -0.123. The molecule has 0 radical (unpaired) electrons. The molecule has 1 aliphatic heterocycles. The van der Waals surface area contributed by atoms with Crippen molar-refractivity contribution in [3.05, 3.63) is 0 Å². The van der Waals surface area contributed by atoms with Crippen LogP contribution in [-0.2, 0) is 4.74 Å². The minimum absolute atomic E-state index is 0.0336. The van der Waals surface area contributed by atoms with Gasteiger partial charge in [0.2, 0.25) is 0 Å². The molecule has 0 aromatic rings. The summed E-state index contributed by atoms with van der Waals surface area (Å²) < 4.78 is 6.12. The summed E-state index contributed by atoms with van der Waals surface area (Å²) in [5.74, 6) is 0.284. The van der Waals surface area contributed by atoms with E-state index >= 15 is 0 Å². The lowest BCUT2D eigenvalue weighted by Crippen LogP contribution is -2.53. The van der Waals surface area contributed by atoms with Gasteiger partial charge in [-0.25, -0.2) is 0 Å². The first kappa shape index (κ1) is 14.6. The highest BCUT2D eigenvalue weighted by atomic mass is 16.5. The van der Waals surface area contributed by atoms with Crippen molar-refractivity contribution < 1.29 is 9.94 Å². The van der Waals surface area contributed by atoms with Gasteiger partial charge in [-0.2, -0.15) is 0 Å². The van der Waals surface area contributed by atoms with Crippen molar-refractivity contribution in [1.29, 1.82) is 0 Å². The molecule has 0 aromatic heterocycles. The van der Waals surface area contributed by atoms with Gasteiger partial charge in [0.15, 0.2) is 5.84 Å². The van der Waals surface area contributed by atoms with Crippen LogP contribution in [0.5, 0.6) is 0 Å². The van der Waals surface area contributed by atoms with Crippen LogP contribution in [0.2, 0.25) is 0 Å². The Balaban J connectivity index is 2.00. The normalized spacial score (nSPS) is 29.6. The minimum Gasteiger partial charge on any atom is -0.409 e. The van der Waals surface area contributed by atoms with Crippen LogP contribution in [0.1, 0.15) is 51.9 Å². The number of rotatable bonds is 3. The summed E-state index contributed by atoms with van der Waals surface area (Å²) in [4.78, 5) is 2.23. The zero-order valence-corrected chi connectivity index (χ0v) is 12.1. The molecular weight excluding hydrogens is 242 g/mol. The molecule has 2 atom stereocenters. The van der Waals surface area contributed by atoms with Crippen LogP contribution < -0.4 is 5.73 Å². The van der Waals surface area contributed by atoms with Gasteiger partial charge in [-0.1, -0.05) is 24.4 Å². The van der Waals surface area contributed by atoms with Crippen LogP contribution in [0.15, 0.2) is 5.16 Å². The first-order valence-corrected chi connectivity index (χ1v) is 7.41. The third-order valence-corrected chi connectivity index (χ3v) is 4.96. The van der Waals surface area contributed by atoms with Gasteiger partial charge in [-0.05, 0) is 39.7 Å². The van der Waals surface area contributed by atoms with E-state index in [-0.39, 0.29) is 17.5 Å². The highest BCUT2D eigenvalue weighted by Gasteiger charge is 2.40. The molecule has 1 saturated heterocycles. The molecule has 2 aliphatic rings. The molecule has 0 bridgehead atoms. The van der Waals surface area contributed by atoms with Gasteiger partial charge >= 0.3 is 0 Å². The van der Waals surface area contributed by atoms with Crippen LogP contribution in [0, 0.1) is 0 Å². The van der Waals surface area contributed by atoms with Crippen molar-refractivity contribution in [2.24, 2.45) is 10.9 Å². The van der Waals surface area contributed by atoms with E-state index in [1.807, 2.05) is 6.92 Å². The molecule has 1 heterocycles. The fourth-order valence-electron chi connectivity index (χ4n) is 3.50. The minimum atomic E-state index is -0.0336. The third kappa shape index (κ3) is 3.20. The van der Waals surface area contributed by atoms with Crippen LogP contribution in [-0.4, -0.2) is 47.3 Å². The van der Waals surface area contributed by atoms with Crippen molar-refractivity contribution in [1.82, 2.24) is 4.90 Å². The number of hydrogen-bond donors (Lipinski definition) is 2. The zero-order valence-electron chi connectivity index (χ0n) is 12.1. The van der Waals surface area contributed by atoms with E-state index in [4.69, 9.17) is 15.7 Å². The Morgan fingerprint density at radius 1 is 1.42 bits per heavy atom. The van der Waals surface area contributed by atoms with Gasteiger partial charge < -0.3 is 15.7 Å². The molecular formula is C14H27N3O2. The third-order valence-electron chi connectivity index (χ3n) is 4.96. The van der Waals surface area contributed by atoms with Gasteiger partial charge in [0.1, 0.15) is 0 Å². The monoisotopic (exact) mass is 269 g/mol. The lowest BCUT2D eigenvalue weighted by Gasteiger charge is -2.46. The largest absolute Gasteiger partial charge is 0.409 e. The number of nitrogens with zero attached hydrogens (tertiary/aromatic N) is 2. The maximum atomic E-state index is 8.81. The number of hydrogen-bond acceptors (Lipinski definition) is 4.